The molecule has 26 heavy (non-hydrogen) atoms. The lowest BCUT2D eigenvalue weighted by atomic mass is 10.0. The molecule has 3 nitrogen and oxygen atoms in total. The van der Waals surface area contributed by atoms with E-state index in [9.17, 15) is 0 Å². The molecule has 1 atom stereocenters. The van der Waals surface area contributed by atoms with Crippen LogP contribution in [0.2, 0.25) is 0 Å². The Morgan fingerprint density at radius 2 is 1.42 bits per heavy atom. The standard InChI is InChI=1S/C23H27N3/c1-4-6-18-7-12-22(24-14-18)20-8-10-21(11-9-20)23-25-15-19(16-26-23)13-17(3)5-2/h7-12,14-17H,4-6,13H2,1-3H3/t17-/m0/s1. The molecular formula is C23H27N3. The lowest BCUT2D eigenvalue weighted by Gasteiger charge is -2.08. The van der Waals surface area contributed by atoms with Crippen LogP contribution in [0.15, 0.2) is 55.0 Å². The van der Waals surface area contributed by atoms with E-state index in [0.29, 0.717) is 5.92 Å². The van der Waals surface area contributed by atoms with Gasteiger partial charge in [-0.25, -0.2) is 9.97 Å². The average molecular weight is 345 g/mol. The molecule has 0 aliphatic rings. The Morgan fingerprint density at radius 3 is 2.00 bits per heavy atom. The van der Waals surface area contributed by atoms with Crippen molar-refractivity contribution in [1.29, 1.82) is 0 Å². The highest BCUT2D eigenvalue weighted by atomic mass is 14.9. The van der Waals surface area contributed by atoms with E-state index in [-0.39, 0.29) is 0 Å². The van der Waals surface area contributed by atoms with E-state index in [1.807, 2.05) is 18.6 Å². The molecule has 3 aromatic rings. The highest BCUT2D eigenvalue weighted by Crippen LogP contribution is 2.22. The summed E-state index contributed by atoms with van der Waals surface area (Å²) in [6.45, 7) is 6.66. The summed E-state index contributed by atoms with van der Waals surface area (Å²) in [6, 6.07) is 12.6. The SMILES string of the molecule is CCCc1ccc(-c2ccc(-c3ncc(C[C@@H](C)CC)cn3)cc2)nc1. The third kappa shape index (κ3) is 4.54. The molecule has 0 radical (unpaired) electrons. The van der Waals surface area contributed by atoms with Gasteiger partial charge in [-0.1, -0.05) is 63.9 Å². The number of aromatic nitrogens is 3. The van der Waals surface area contributed by atoms with Crippen LogP contribution in [-0.4, -0.2) is 15.0 Å². The van der Waals surface area contributed by atoms with Crippen LogP contribution in [-0.2, 0) is 12.8 Å². The van der Waals surface area contributed by atoms with E-state index in [2.05, 4.69) is 72.1 Å². The molecule has 0 bridgehead atoms. The maximum Gasteiger partial charge on any atom is 0.159 e. The Bertz CT molecular complexity index is 806. The summed E-state index contributed by atoms with van der Waals surface area (Å²) in [5.41, 5.74) is 5.65. The second-order valence-electron chi connectivity index (χ2n) is 7.01. The highest BCUT2D eigenvalue weighted by Gasteiger charge is 2.06. The molecule has 2 aromatic heterocycles. The minimum absolute atomic E-state index is 0.667. The lowest BCUT2D eigenvalue weighted by molar-refractivity contribution is 0.558. The van der Waals surface area contributed by atoms with E-state index in [1.54, 1.807) is 0 Å². The molecule has 0 saturated carbocycles. The predicted molar refractivity (Wildman–Crippen MR) is 108 cm³/mol. The van der Waals surface area contributed by atoms with Crippen LogP contribution >= 0.6 is 0 Å². The van der Waals surface area contributed by atoms with Crippen LogP contribution in [0.5, 0.6) is 0 Å². The monoisotopic (exact) mass is 345 g/mol. The van der Waals surface area contributed by atoms with Gasteiger partial charge >= 0.3 is 0 Å². The molecule has 2 heterocycles. The minimum atomic E-state index is 0.667. The zero-order valence-electron chi connectivity index (χ0n) is 15.9. The van der Waals surface area contributed by atoms with Gasteiger partial charge in [-0.3, -0.25) is 4.98 Å². The zero-order valence-corrected chi connectivity index (χ0v) is 15.9. The number of pyridine rings is 1. The summed E-state index contributed by atoms with van der Waals surface area (Å²) in [4.78, 5) is 13.7. The van der Waals surface area contributed by atoms with Gasteiger partial charge in [0.05, 0.1) is 5.69 Å². The van der Waals surface area contributed by atoms with Crippen molar-refractivity contribution in [2.45, 2.75) is 46.5 Å². The van der Waals surface area contributed by atoms with Crippen molar-refractivity contribution in [1.82, 2.24) is 15.0 Å². The number of benzene rings is 1. The summed E-state index contributed by atoms with van der Waals surface area (Å²) in [7, 11) is 0. The molecule has 0 unspecified atom stereocenters. The highest BCUT2D eigenvalue weighted by molar-refractivity contribution is 5.65. The first kappa shape index (κ1) is 18.2. The smallest absolute Gasteiger partial charge is 0.159 e. The Labute approximate surface area is 156 Å². The fraction of sp³-hybridized carbons (Fsp3) is 0.348. The Morgan fingerprint density at radius 1 is 0.769 bits per heavy atom. The molecule has 134 valence electrons. The number of rotatable bonds is 7. The molecule has 0 spiro atoms. The van der Waals surface area contributed by atoms with Crippen molar-refractivity contribution < 1.29 is 0 Å². The predicted octanol–water partition coefficient (Wildman–Crippen LogP) is 5.75. The van der Waals surface area contributed by atoms with Crippen LogP contribution < -0.4 is 0 Å². The molecule has 0 aliphatic carbocycles. The summed E-state index contributed by atoms with van der Waals surface area (Å²) >= 11 is 0. The Balaban J connectivity index is 1.72. The normalized spacial score (nSPS) is 12.1. The van der Waals surface area contributed by atoms with Crippen LogP contribution in [0, 0.1) is 5.92 Å². The van der Waals surface area contributed by atoms with E-state index in [1.165, 1.54) is 17.5 Å². The first-order valence-corrected chi connectivity index (χ1v) is 9.56. The van der Waals surface area contributed by atoms with Crippen LogP contribution in [0.3, 0.4) is 0 Å². The molecule has 0 fully saturated rings. The van der Waals surface area contributed by atoms with Gasteiger partial charge in [0, 0.05) is 29.7 Å². The van der Waals surface area contributed by atoms with Gasteiger partial charge < -0.3 is 0 Å². The lowest BCUT2D eigenvalue weighted by Crippen LogP contribution is -2.00. The second kappa shape index (κ2) is 8.70. The number of nitrogens with zero attached hydrogens (tertiary/aromatic N) is 3. The van der Waals surface area contributed by atoms with Crippen molar-refractivity contribution in [2.75, 3.05) is 0 Å². The minimum Gasteiger partial charge on any atom is -0.256 e. The van der Waals surface area contributed by atoms with Gasteiger partial charge in [-0.05, 0) is 36.0 Å². The first-order valence-electron chi connectivity index (χ1n) is 9.56. The van der Waals surface area contributed by atoms with Crippen molar-refractivity contribution in [2.24, 2.45) is 5.92 Å². The molecular weight excluding hydrogens is 318 g/mol. The molecule has 1 aromatic carbocycles. The summed E-state index contributed by atoms with van der Waals surface area (Å²) in [6.07, 6.45) is 10.3. The molecule has 3 heteroatoms. The van der Waals surface area contributed by atoms with Gasteiger partial charge in [0.1, 0.15) is 0 Å². The zero-order chi connectivity index (χ0) is 18.4. The fourth-order valence-electron chi connectivity index (χ4n) is 2.98. The molecule has 0 saturated heterocycles. The first-order chi connectivity index (χ1) is 12.7. The van der Waals surface area contributed by atoms with Crippen molar-refractivity contribution in [3.8, 4) is 22.6 Å². The van der Waals surface area contributed by atoms with Gasteiger partial charge in [0.25, 0.3) is 0 Å². The quantitative estimate of drug-likeness (QED) is 0.547. The maximum atomic E-state index is 4.59. The average Bonchev–Trinajstić information content (AvgIpc) is 2.69. The van der Waals surface area contributed by atoms with E-state index in [0.717, 1.165) is 41.9 Å². The molecule has 3 rings (SSSR count). The number of hydrogen-bond acceptors (Lipinski definition) is 3. The topological polar surface area (TPSA) is 38.7 Å². The van der Waals surface area contributed by atoms with E-state index in [4.69, 9.17) is 0 Å². The van der Waals surface area contributed by atoms with Crippen LogP contribution in [0.25, 0.3) is 22.6 Å². The fourth-order valence-corrected chi connectivity index (χ4v) is 2.98. The van der Waals surface area contributed by atoms with Crippen LogP contribution in [0.1, 0.15) is 44.7 Å². The van der Waals surface area contributed by atoms with E-state index >= 15 is 0 Å². The Hall–Kier alpha value is -2.55. The van der Waals surface area contributed by atoms with Gasteiger partial charge in [0.15, 0.2) is 5.82 Å². The third-order valence-electron chi connectivity index (χ3n) is 4.79. The summed E-state index contributed by atoms with van der Waals surface area (Å²) in [5.74, 6) is 1.44. The van der Waals surface area contributed by atoms with Gasteiger partial charge in [-0.2, -0.15) is 0 Å². The van der Waals surface area contributed by atoms with Gasteiger partial charge in [0.2, 0.25) is 0 Å². The summed E-state index contributed by atoms with van der Waals surface area (Å²) < 4.78 is 0. The largest absolute Gasteiger partial charge is 0.256 e. The van der Waals surface area contributed by atoms with Crippen molar-refractivity contribution in [3.05, 3.63) is 66.1 Å². The second-order valence-corrected chi connectivity index (χ2v) is 7.01. The van der Waals surface area contributed by atoms with Crippen LogP contribution in [0.4, 0.5) is 0 Å². The number of aryl methyl sites for hydroxylation is 1. The van der Waals surface area contributed by atoms with Crippen molar-refractivity contribution >= 4 is 0 Å². The maximum absolute atomic E-state index is 4.59. The third-order valence-corrected chi connectivity index (χ3v) is 4.79. The number of hydrogen-bond donors (Lipinski definition) is 0. The van der Waals surface area contributed by atoms with Crippen molar-refractivity contribution in [3.63, 3.8) is 0 Å². The molecule has 0 amide bonds. The summed E-state index contributed by atoms with van der Waals surface area (Å²) in [5, 5.41) is 0. The molecule has 0 aliphatic heterocycles. The Kier molecular flexibility index (Phi) is 6.11. The van der Waals surface area contributed by atoms with E-state index < -0.39 is 0 Å². The van der Waals surface area contributed by atoms with Gasteiger partial charge in [-0.15, -0.1) is 0 Å². The molecule has 0 N–H and O–H groups in total.